The molecule has 0 aliphatic carbocycles. The van der Waals surface area contributed by atoms with Gasteiger partial charge in [0.25, 0.3) is 10.0 Å². The molecule has 1 aromatic carbocycles. The maximum Gasteiger partial charge on any atom is 0.310 e. The second kappa shape index (κ2) is 7.99. The number of piperidine rings is 1. The van der Waals surface area contributed by atoms with Crippen LogP contribution in [0, 0.1) is 17.2 Å². The van der Waals surface area contributed by atoms with Gasteiger partial charge in [-0.1, -0.05) is 18.2 Å². The van der Waals surface area contributed by atoms with Crippen molar-refractivity contribution in [1.29, 1.82) is 5.26 Å². The fraction of sp³-hybridized carbons (Fsp3) is 0.333. The molecule has 0 radical (unpaired) electrons. The standard InChI is InChI=1S/C18H18N2O4S2/c19-11-14-5-7-15(8-6-14)13-24-18(21)16-3-1-9-20(12-16)26(22,23)17-4-2-10-25-17/h2,4-8,10,16H,1,3,9,12-13H2. The van der Waals surface area contributed by atoms with E-state index in [-0.39, 0.29) is 19.1 Å². The van der Waals surface area contributed by atoms with Crippen molar-refractivity contribution < 1.29 is 17.9 Å². The van der Waals surface area contributed by atoms with Crippen molar-refractivity contribution in [1.82, 2.24) is 4.31 Å². The molecule has 1 aliphatic rings. The van der Waals surface area contributed by atoms with E-state index in [0.29, 0.717) is 29.2 Å². The summed E-state index contributed by atoms with van der Waals surface area (Å²) in [5.74, 6) is -0.850. The van der Waals surface area contributed by atoms with Gasteiger partial charge in [-0.25, -0.2) is 8.42 Å². The van der Waals surface area contributed by atoms with Gasteiger partial charge in [0.1, 0.15) is 10.8 Å². The predicted octanol–water partition coefficient (Wildman–Crippen LogP) is 2.76. The summed E-state index contributed by atoms with van der Waals surface area (Å²) < 4.78 is 32.2. The minimum atomic E-state index is -3.55. The highest BCUT2D eigenvalue weighted by molar-refractivity contribution is 7.91. The predicted molar refractivity (Wildman–Crippen MR) is 96.8 cm³/mol. The lowest BCUT2D eigenvalue weighted by molar-refractivity contribution is -0.151. The first kappa shape index (κ1) is 18.6. The second-order valence-corrected chi connectivity index (χ2v) is 9.16. The molecule has 1 fully saturated rings. The van der Waals surface area contributed by atoms with Crippen molar-refractivity contribution in [3.8, 4) is 6.07 Å². The molecule has 0 N–H and O–H groups in total. The van der Waals surface area contributed by atoms with Gasteiger partial charge in [-0.2, -0.15) is 9.57 Å². The van der Waals surface area contributed by atoms with E-state index in [4.69, 9.17) is 10.00 Å². The molecular weight excluding hydrogens is 372 g/mol. The highest BCUT2D eigenvalue weighted by Gasteiger charge is 2.34. The Morgan fingerprint density at radius 2 is 2.08 bits per heavy atom. The molecule has 1 aromatic heterocycles. The Balaban J connectivity index is 1.60. The van der Waals surface area contributed by atoms with Gasteiger partial charge >= 0.3 is 5.97 Å². The number of nitriles is 1. The molecule has 0 spiro atoms. The van der Waals surface area contributed by atoms with Crippen molar-refractivity contribution in [3.05, 3.63) is 52.9 Å². The summed E-state index contributed by atoms with van der Waals surface area (Å²) in [7, 11) is -3.55. The van der Waals surface area contributed by atoms with Crippen LogP contribution in [0.4, 0.5) is 0 Å². The van der Waals surface area contributed by atoms with Crippen LogP contribution in [-0.2, 0) is 26.2 Å². The topological polar surface area (TPSA) is 87.5 Å². The average Bonchev–Trinajstić information content (AvgIpc) is 3.22. The van der Waals surface area contributed by atoms with Crippen LogP contribution >= 0.6 is 11.3 Å². The Morgan fingerprint density at radius 3 is 2.73 bits per heavy atom. The van der Waals surface area contributed by atoms with E-state index >= 15 is 0 Å². The number of sulfonamides is 1. The lowest BCUT2D eigenvalue weighted by Crippen LogP contribution is -2.42. The maximum absolute atomic E-state index is 12.6. The zero-order valence-corrected chi connectivity index (χ0v) is 15.6. The number of rotatable bonds is 5. The highest BCUT2D eigenvalue weighted by Crippen LogP contribution is 2.27. The first-order chi connectivity index (χ1) is 12.5. The molecule has 3 rings (SSSR count). The molecule has 8 heteroatoms. The minimum Gasteiger partial charge on any atom is -0.461 e. The quantitative estimate of drug-likeness (QED) is 0.733. The Labute approximate surface area is 156 Å². The molecule has 0 amide bonds. The number of hydrogen-bond donors (Lipinski definition) is 0. The first-order valence-electron chi connectivity index (χ1n) is 8.20. The van der Waals surface area contributed by atoms with Crippen molar-refractivity contribution in [2.45, 2.75) is 23.7 Å². The van der Waals surface area contributed by atoms with Crippen LogP contribution in [0.1, 0.15) is 24.0 Å². The molecule has 0 bridgehead atoms. The van der Waals surface area contributed by atoms with Gasteiger partial charge in [0.15, 0.2) is 0 Å². The van der Waals surface area contributed by atoms with E-state index in [2.05, 4.69) is 0 Å². The summed E-state index contributed by atoms with van der Waals surface area (Å²) in [6, 6.07) is 12.1. The van der Waals surface area contributed by atoms with Crippen molar-refractivity contribution >= 4 is 27.3 Å². The van der Waals surface area contributed by atoms with Gasteiger partial charge in [-0.15, -0.1) is 11.3 Å². The fourth-order valence-corrected chi connectivity index (χ4v) is 5.51. The fourth-order valence-electron chi connectivity index (χ4n) is 2.84. The van der Waals surface area contributed by atoms with Gasteiger partial charge < -0.3 is 4.74 Å². The van der Waals surface area contributed by atoms with E-state index in [1.807, 2.05) is 6.07 Å². The number of thiophene rings is 1. The van der Waals surface area contributed by atoms with Crippen molar-refractivity contribution in [3.63, 3.8) is 0 Å². The zero-order chi connectivity index (χ0) is 18.6. The number of nitrogens with zero attached hydrogens (tertiary/aromatic N) is 2. The Hall–Kier alpha value is -2.21. The molecule has 6 nitrogen and oxygen atoms in total. The van der Waals surface area contributed by atoms with Gasteiger partial charge in [0, 0.05) is 13.1 Å². The summed E-state index contributed by atoms with van der Waals surface area (Å²) in [6.07, 6.45) is 1.24. The molecule has 1 aliphatic heterocycles. The van der Waals surface area contributed by atoms with Crippen molar-refractivity contribution in [2.24, 2.45) is 5.92 Å². The van der Waals surface area contributed by atoms with Crippen molar-refractivity contribution in [2.75, 3.05) is 13.1 Å². The summed E-state index contributed by atoms with van der Waals surface area (Å²) in [5, 5.41) is 10.5. The maximum atomic E-state index is 12.6. The highest BCUT2D eigenvalue weighted by atomic mass is 32.2. The summed E-state index contributed by atoms with van der Waals surface area (Å²) >= 11 is 1.17. The molecule has 1 saturated heterocycles. The molecule has 136 valence electrons. The summed E-state index contributed by atoms with van der Waals surface area (Å²) in [5.41, 5.74) is 1.33. The van der Waals surface area contributed by atoms with Crippen LogP contribution in [0.15, 0.2) is 46.0 Å². The number of carbonyl (C=O) groups is 1. The summed E-state index contributed by atoms with van der Waals surface area (Å²) in [6.45, 7) is 0.671. The monoisotopic (exact) mass is 390 g/mol. The average molecular weight is 390 g/mol. The molecule has 1 atom stereocenters. The van der Waals surface area contributed by atoms with Gasteiger partial charge in [0.05, 0.1) is 17.6 Å². The Kier molecular flexibility index (Phi) is 5.71. The minimum absolute atomic E-state index is 0.110. The lowest BCUT2D eigenvalue weighted by Gasteiger charge is -2.30. The van der Waals surface area contributed by atoms with E-state index < -0.39 is 15.9 Å². The third-order valence-corrected chi connectivity index (χ3v) is 7.51. The first-order valence-corrected chi connectivity index (χ1v) is 10.5. The molecule has 2 aromatic rings. The Morgan fingerprint density at radius 1 is 1.31 bits per heavy atom. The second-order valence-electron chi connectivity index (χ2n) is 6.05. The van der Waals surface area contributed by atoms with E-state index in [9.17, 15) is 13.2 Å². The molecular formula is C18H18N2O4S2. The number of esters is 1. The van der Waals surface area contributed by atoms with Crippen LogP contribution in [0.2, 0.25) is 0 Å². The molecule has 2 heterocycles. The molecule has 1 unspecified atom stereocenters. The van der Waals surface area contributed by atoms with Gasteiger partial charge in [0.2, 0.25) is 0 Å². The van der Waals surface area contributed by atoms with Crippen LogP contribution in [-0.4, -0.2) is 31.8 Å². The number of benzene rings is 1. The van der Waals surface area contributed by atoms with Crippen LogP contribution in [0.3, 0.4) is 0 Å². The third-order valence-electron chi connectivity index (χ3n) is 4.27. The largest absolute Gasteiger partial charge is 0.461 e. The third kappa shape index (κ3) is 4.12. The number of ether oxygens (including phenoxy) is 1. The van der Waals surface area contributed by atoms with Gasteiger partial charge in [-0.3, -0.25) is 4.79 Å². The normalized spacial score (nSPS) is 18.2. The zero-order valence-electron chi connectivity index (χ0n) is 14.0. The SMILES string of the molecule is N#Cc1ccc(COC(=O)C2CCCN(S(=O)(=O)c3cccs3)C2)cc1. The van der Waals surface area contributed by atoms with Crippen LogP contribution in [0.25, 0.3) is 0 Å². The Bertz CT molecular complexity index is 900. The number of hydrogen-bond acceptors (Lipinski definition) is 6. The molecule has 0 saturated carbocycles. The van der Waals surface area contributed by atoms with E-state index in [0.717, 1.165) is 5.56 Å². The van der Waals surface area contributed by atoms with E-state index in [1.165, 1.54) is 15.6 Å². The molecule has 26 heavy (non-hydrogen) atoms. The van der Waals surface area contributed by atoms with E-state index in [1.54, 1.807) is 41.8 Å². The lowest BCUT2D eigenvalue weighted by atomic mass is 10.00. The van der Waals surface area contributed by atoms with Gasteiger partial charge in [-0.05, 0) is 42.0 Å². The smallest absolute Gasteiger partial charge is 0.310 e. The summed E-state index contributed by atoms with van der Waals surface area (Å²) in [4.78, 5) is 12.4. The van der Waals surface area contributed by atoms with Crippen LogP contribution in [0.5, 0.6) is 0 Å². The number of carbonyl (C=O) groups excluding carboxylic acids is 1. The van der Waals surface area contributed by atoms with Crippen LogP contribution < -0.4 is 0 Å².